The molecule has 0 bridgehead atoms. The van der Waals surface area contributed by atoms with Crippen LogP contribution in [0.2, 0.25) is 0 Å². The zero-order valence-electron chi connectivity index (χ0n) is 12.1. The number of ether oxygens (including phenoxy) is 1. The molecule has 0 saturated carbocycles. The number of nitrogens with one attached hydrogen (secondary N) is 1. The van der Waals surface area contributed by atoms with E-state index in [1.165, 1.54) is 0 Å². The van der Waals surface area contributed by atoms with Crippen LogP contribution in [0.4, 0.5) is 0 Å². The summed E-state index contributed by atoms with van der Waals surface area (Å²) >= 11 is 0. The molecule has 0 aliphatic carbocycles. The summed E-state index contributed by atoms with van der Waals surface area (Å²) < 4.78 is 5.30. The van der Waals surface area contributed by atoms with Gasteiger partial charge < -0.3 is 10.1 Å². The summed E-state index contributed by atoms with van der Waals surface area (Å²) in [5.41, 5.74) is 3.07. The highest BCUT2D eigenvalue weighted by molar-refractivity contribution is 5.91. The van der Waals surface area contributed by atoms with Gasteiger partial charge >= 0.3 is 5.91 Å². The Morgan fingerprint density at radius 3 is 2.53 bits per heavy atom. The molecule has 1 N–H and O–H groups in total. The van der Waals surface area contributed by atoms with Gasteiger partial charge in [0.25, 0.3) is 0 Å². The van der Waals surface area contributed by atoms with Gasteiger partial charge in [-0.15, -0.1) is 0 Å². The SMILES string of the molecule is COc1cc(C)c(C(C)(C)CNC(=O)C#N)cc1C. The maximum absolute atomic E-state index is 11.0. The molecule has 0 aliphatic rings. The number of nitriles is 1. The summed E-state index contributed by atoms with van der Waals surface area (Å²) in [6.45, 7) is 8.51. The van der Waals surface area contributed by atoms with E-state index < -0.39 is 5.91 Å². The second kappa shape index (κ2) is 5.75. The topological polar surface area (TPSA) is 62.1 Å². The maximum atomic E-state index is 11.0. The van der Waals surface area contributed by atoms with Gasteiger partial charge in [-0.1, -0.05) is 19.9 Å². The van der Waals surface area contributed by atoms with E-state index in [9.17, 15) is 4.79 Å². The van der Waals surface area contributed by atoms with Crippen molar-refractivity contribution in [3.63, 3.8) is 0 Å². The van der Waals surface area contributed by atoms with Crippen molar-refractivity contribution in [1.82, 2.24) is 5.32 Å². The van der Waals surface area contributed by atoms with Crippen molar-refractivity contribution in [3.8, 4) is 11.8 Å². The second-order valence-electron chi connectivity index (χ2n) is 5.32. The summed E-state index contributed by atoms with van der Waals surface area (Å²) in [6, 6.07) is 5.64. The molecule has 1 rings (SSSR count). The molecule has 0 heterocycles. The largest absolute Gasteiger partial charge is 0.496 e. The number of rotatable bonds is 4. The van der Waals surface area contributed by atoms with Crippen molar-refractivity contribution in [1.29, 1.82) is 5.26 Å². The number of hydrogen-bond acceptors (Lipinski definition) is 3. The number of carbonyl (C=O) groups is 1. The first kappa shape index (κ1) is 15.0. The van der Waals surface area contributed by atoms with Crippen LogP contribution in [0.15, 0.2) is 12.1 Å². The van der Waals surface area contributed by atoms with Crippen molar-refractivity contribution in [2.75, 3.05) is 13.7 Å². The Hall–Kier alpha value is -2.02. The molecule has 1 aromatic rings. The van der Waals surface area contributed by atoms with Gasteiger partial charge in [0.2, 0.25) is 0 Å². The number of aryl methyl sites for hydroxylation is 2. The quantitative estimate of drug-likeness (QED) is 0.844. The Morgan fingerprint density at radius 2 is 2.00 bits per heavy atom. The molecule has 102 valence electrons. The van der Waals surface area contributed by atoms with Crippen molar-refractivity contribution in [3.05, 3.63) is 28.8 Å². The first-order valence-electron chi connectivity index (χ1n) is 6.15. The van der Waals surface area contributed by atoms with Crippen LogP contribution in [0.3, 0.4) is 0 Å². The first-order valence-corrected chi connectivity index (χ1v) is 6.15. The van der Waals surface area contributed by atoms with Gasteiger partial charge in [-0.05, 0) is 36.6 Å². The van der Waals surface area contributed by atoms with Gasteiger partial charge in [-0.3, -0.25) is 4.79 Å². The number of methoxy groups -OCH3 is 1. The molecule has 0 atom stereocenters. The summed E-state index contributed by atoms with van der Waals surface area (Å²) in [4.78, 5) is 11.0. The van der Waals surface area contributed by atoms with Crippen LogP contribution in [0.25, 0.3) is 0 Å². The van der Waals surface area contributed by atoms with Crippen molar-refractivity contribution in [2.24, 2.45) is 0 Å². The fourth-order valence-corrected chi connectivity index (χ4v) is 2.17. The minimum absolute atomic E-state index is 0.242. The Labute approximate surface area is 114 Å². The van der Waals surface area contributed by atoms with Gasteiger partial charge in [0.05, 0.1) is 7.11 Å². The van der Waals surface area contributed by atoms with Gasteiger partial charge in [0.1, 0.15) is 5.75 Å². The van der Waals surface area contributed by atoms with Crippen LogP contribution in [0, 0.1) is 25.2 Å². The van der Waals surface area contributed by atoms with Crippen LogP contribution >= 0.6 is 0 Å². The molecule has 19 heavy (non-hydrogen) atoms. The van der Waals surface area contributed by atoms with Crippen LogP contribution in [0.5, 0.6) is 5.75 Å². The third-order valence-corrected chi connectivity index (χ3v) is 3.26. The Balaban J connectivity index is 3.04. The lowest BCUT2D eigenvalue weighted by molar-refractivity contribution is -0.116. The van der Waals surface area contributed by atoms with E-state index in [-0.39, 0.29) is 5.41 Å². The van der Waals surface area contributed by atoms with Crippen molar-refractivity contribution in [2.45, 2.75) is 33.1 Å². The smallest absolute Gasteiger partial charge is 0.322 e. The summed E-state index contributed by atoms with van der Waals surface area (Å²) in [7, 11) is 1.65. The number of benzene rings is 1. The van der Waals surface area contributed by atoms with E-state index in [4.69, 9.17) is 10.00 Å². The van der Waals surface area contributed by atoms with Crippen LogP contribution < -0.4 is 10.1 Å². The molecule has 0 spiro atoms. The lowest BCUT2D eigenvalue weighted by Crippen LogP contribution is -2.36. The molecule has 1 aromatic carbocycles. The van der Waals surface area contributed by atoms with E-state index in [0.717, 1.165) is 22.4 Å². The first-order chi connectivity index (χ1) is 8.81. The monoisotopic (exact) mass is 260 g/mol. The van der Waals surface area contributed by atoms with Crippen LogP contribution in [-0.2, 0) is 10.2 Å². The zero-order valence-corrected chi connectivity index (χ0v) is 12.1. The number of hydrogen-bond donors (Lipinski definition) is 1. The van der Waals surface area contributed by atoms with E-state index in [1.54, 1.807) is 13.2 Å². The number of nitrogens with zero attached hydrogens (tertiary/aromatic N) is 1. The van der Waals surface area contributed by atoms with E-state index in [2.05, 4.69) is 11.4 Å². The van der Waals surface area contributed by atoms with E-state index in [0.29, 0.717) is 6.54 Å². The molecule has 4 heteroatoms. The van der Waals surface area contributed by atoms with Gasteiger partial charge in [0.15, 0.2) is 6.07 Å². The highest BCUT2D eigenvalue weighted by Gasteiger charge is 2.24. The lowest BCUT2D eigenvalue weighted by atomic mass is 9.81. The van der Waals surface area contributed by atoms with Gasteiger partial charge in [-0.2, -0.15) is 5.26 Å². The fraction of sp³-hybridized carbons (Fsp3) is 0.467. The van der Waals surface area contributed by atoms with Gasteiger partial charge in [-0.25, -0.2) is 0 Å². The zero-order chi connectivity index (χ0) is 14.6. The minimum Gasteiger partial charge on any atom is -0.496 e. The Kier molecular flexibility index (Phi) is 4.55. The molecule has 0 aliphatic heterocycles. The summed E-state index contributed by atoms with van der Waals surface area (Å²) in [5, 5.41) is 11.1. The van der Waals surface area contributed by atoms with Crippen LogP contribution in [-0.4, -0.2) is 19.6 Å². The third kappa shape index (κ3) is 3.47. The van der Waals surface area contributed by atoms with E-state index in [1.807, 2.05) is 33.8 Å². The lowest BCUT2D eigenvalue weighted by Gasteiger charge is -2.28. The number of amides is 1. The number of carbonyl (C=O) groups excluding carboxylic acids is 1. The fourth-order valence-electron chi connectivity index (χ4n) is 2.17. The van der Waals surface area contributed by atoms with Crippen LogP contribution in [0.1, 0.15) is 30.5 Å². The highest BCUT2D eigenvalue weighted by atomic mass is 16.5. The maximum Gasteiger partial charge on any atom is 0.322 e. The molecular formula is C15H20N2O2. The van der Waals surface area contributed by atoms with Gasteiger partial charge in [0, 0.05) is 12.0 Å². The molecule has 0 unspecified atom stereocenters. The third-order valence-electron chi connectivity index (χ3n) is 3.26. The Bertz CT molecular complexity index is 528. The molecule has 0 fully saturated rings. The summed E-state index contributed by atoms with van der Waals surface area (Å²) in [5.74, 6) is 0.258. The predicted octanol–water partition coefficient (Wildman–Crippen LogP) is 2.23. The van der Waals surface area contributed by atoms with E-state index >= 15 is 0 Å². The highest BCUT2D eigenvalue weighted by Crippen LogP contribution is 2.31. The summed E-state index contributed by atoms with van der Waals surface area (Å²) in [6.07, 6.45) is 0. The molecule has 0 aromatic heterocycles. The molecule has 0 radical (unpaired) electrons. The minimum atomic E-state index is -0.601. The molecule has 1 amide bonds. The standard InChI is InChI=1S/C15H20N2O2/c1-10-7-13(19-5)11(2)6-12(10)15(3,4)9-17-14(18)8-16/h6-7H,9H2,1-5H3,(H,17,18). The Morgan fingerprint density at radius 1 is 1.37 bits per heavy atom. The van der Waals surface area contributed by atoms with Crippen molar-refractivity contribution >= 4 is 5.91 Å². The molecular weight excluding hydrogens is 240 g/mol. The predicted molar refractivity (Wildman–Crippen MR) is 74.1 cm³/mol. The second-order valence-corrected chi connectivity index (χ2v) is 5.32. The average molecular weight is 260 g/mol. The van der Waals surface area contributed by atoms with Crippen molar-refractivity contribution < 1.29 is 9.53 Å². The molecule has 4 nitrogen and oxygen atoms in total. The normalized spacial score (nSPS) is 10.7. The molecule has 0 saturated heterocycles. The average Bonchev–Trinajstić information content (AvgIpc) is 2.38.